The van der Waals surface area contributed by atoms with E-state index in [0.717, 1.165) is 18.4 Å². The second-order valence-electron chi connectivity index (χ2n) is 6.83. The lowest BCUT2D eigenvalue weighted by molar-refractivity contribution is -0.141. The van der Waals surface area contributed by atoms with Gasteiger partial charge in [-0.2, -0.15) is 0 Å². The highest BCUT2D eigenvalue weighted by molar-refractivity contribution is 5.74. The molecule has 2 rings (SSSR count). The van der Waals surface area contributed by atoms with Gasteiger partial charge in [-0.1, -0.05) is 30.3 Å². The number of hydrogen-bond donors (Lipinski definition) is 0. The lowest BCUT2D eigenvalue weighted by atomic mass is 10.0. The van der Waals surface area contributed by atoms with Crippen LogP contribution in [-0.4, -0.2) is 35.7 Å². The Hall–Kier alpha value is -2.04. The molecule has 0 aliphatic carbocycles. The minimum atomic E-state index is -0.573. The number of carbonyl (C=O) groups excluding carboxylic acids is 2. The van der Waals surface area contributed by atoms with Crippen molar-refractivity contribution in [2.24, 2.45) is 0 Å². The fourth-order valence-electron chi connectivity index (χ4n) is 2.95. The van der Waals surface area contributed by atoms with Crippen LogP contribution in [0.5, 0.6) is 0 Å². The molecule has 5 heteroatoms. The largest absolute Gasteiger partial charge is 0.469 e. The number of ether oxygens (including phenoxy) is 2. The third kappa shape index (κ3) is 4.47. The smallest absolute Gasteiger partial charge is 0.411 e. The summed E-state index contributed by atoms with van der Waals surface area (Å²) in [4.78, 5) is 26.0. The van der Waals surface area contributed by atoms with Gasteiger partial charge in [-0.15, -0.1) is 0 Å². The number of esters is 1. The summed E-state index contributed by atoms with van der Waals surface area (Å²) in [5.74, 6) is -0.308. The van der Waals surface area contributed by atoms with Crippen LogP contribution in [0.1, 0.15) is 51.6 Å². The van der Waals surface area contributed by atoms with Crippen molar-refractivity contribution < 1.29 is 19.1 Å². The van der Waals surface area contributed by atoms with Gasteiger partial charge in [0, 0.05) is 6.04 Å². The van der Waals surface area contributed by atoms with Crippen molar-refractivity contribution in [3.8, 4) is 0 Å². The molecule has 23 heavy (non-hydrogen) atoms. The highest BCUT2D eigenvalue weighted by Crippen LogP contribution is 2.38. The maximum absolute atomic E-state index is 12.7. The van der Waals surface area contributed by atoms with Crippen LogP contribution in [0.3, 0.4) is 0 Å². The van der Waals surface area contributed by atoms with Crippen molar-refractivity contribution in [2.75, 3.05) is 7.11 Å². The molecule has 1 aliphatic heterocycles. The van der Waals surface area contributed by atoms with Crippen LogP contribution in [0.15, 0.2) is 30.3 Å². The molecule has 0 unspecified atom stereocenters. The Morgan fingerprint density at radius 1 is 1.17 bits per heavy atom. The Labute approximate surface area is 137 Å². The molecule has 0 N–H and O–H groups in total. The van der Waals surface area contributed by atoms with E-state index in [0.29, 0.717) is 0 Å². The van der Waals surface area contributed by atoms with Crippen molar-refractivity contribution in [3.05, 3.63) is 35.9 Å². The number of carbonyl (C=O) groups is 2. The van der Waals surface area contributed by atoms with E-state index in [1.807, 2.05) is 51.1 Å². The summed E-state index contributed by atoms with van der Waals surface area (Å²) < 4.78 is 10.3. The molecule has 2 atom stereocenters. The SMILES string of the molecule is COC(=O)C[C@@H]1CC[C@@H](c2ccccc2)N1C(=O)OC(C)(C)C. The molecule has 1 fully saturated rings. The second-order valence-corrected chi connectivity index (χ2v) is 6.83. The molecule has 1 aliphatic rings. The summed E-state index contributed by atoms with van der Waals surface area (Å²) >= 11 is 0. The molecule has 0 bridgehead atoms. The van der Waals surface area contributed by atoms with Crippen LogP contribution in [-0.2, 0) is 14.3 Å². The van der Waals surface area contributed by atoms with Gasteiger partial charge in [0.25, 0.3) is 0 Å². The van der Waals surface area contributed by atoms with Gasteiger partial charge in [0.1, 0.15) is 5.60 Å². The molecule has 1 heterocycles. The average molecular weight is 319 g/mol. The van der Waals surface area contributed by atoms with E-state index in [1.54, 1.807) is 4.90 Å². The molecular weight excluding hydrogens is 294 g/mol. The van der Waals surface area contributed by atoms with Gasteiger partial charge in [-0.05, 0) is 39.2 Å². The van der Waals surface area contributed by atoms with E-state index in [1.165, 1.54) is 7.11 Å². The molecule has 0 radical (unpaired) electrons. The maximum Gasteiger partial charge on any atom is 0.411 e. The van der Waals surface area contributed by atoms with Crippen LogP contribution >= 0.6 is 0 Å². The Balaban J connectivity index is 2.24. The summed E-state index contributed by atoms with van der Waals surface area (Å²) in [6.07, 6.45) is 1.38. The van der Waals surface area contributed by atoms with Crippen molar-refractivity contribution in [3.63, 3.8) is 0 Å². The lowest BCUT2D eigenvalue weighted by Gasteiger charge is -2.32. The highest BCUT2D eigenvalue weighted by Gasteiger charge is 2.40. The van der Waals surface area contributed by atoms with Crippen molar-refractivity contribution >= 4 is 12.1 Å². The van der Waals surface area contributed by atoms with Crippen molar-refractivity contribution in [1.82, 2.24) is 4.90 Å². The van der Waals surface area contributed by atoms with Crippen LogP contribution in [0, 0.1) is 0 Å². The van der Waals surface area contributed by atoms with Crippen LogP contribution in [0.25, 0.3) is 0 Å². The first kappa shape index (κ1) is 17.3. The molecule has 0 saturated carbocycles. The van der Waals surface area contributed by atoms with Gasteiger partial charge in [-0.3, -0.25) is 9.69 Å². The zero-order valence-electron chi connectivity index (χ0n) is 14.2. The molecular formula is C18H25NO4. The maximum atomic E-state index is 12.7. The highest BCUT2D eigenvalue weighted by atomic mass is 16.6. The number of rotatable bonds is 3. The third-order valence-electron chi connectivity index (χ3n) is 3.92. The molecule has 1 saturated heterocycles. The summed E-state index contributed by atoms with van der Waals surface area (Å²) in [6, 6.07) is 9.60. The number of hydrogen-bond acceptors (Lipinski definition) is 4. The molecule has 0 spiro atoms. The minimum Gasteiger partial charge on any atom is -0.469 e. The standard InChI is InChI=1S/C18H25NO4/c1-18(2,3)23-17(21)19-14(12-16(20)22-4)10-11-15(19)13-8-6-5-7-9-13/h5-9,14-15H,10-12H2,1-4H3/t14-,15-/m0/s1. The van der Waals surface area contributed by atoms with Gasteiger partial charge in [0.15, 0.2) is 0 Å². The molecule has 5 nitrogen and oxygen atoms in total. The quantitative estimate of drug-likeness (QED) is 0.797. The number of methoxy groups -OCH3 is 1. The first-order valence-corrected chi connectivity index (χ1v) is 7.95. The molecule has 1 aromatic rings. The predicted octanol–water partition coefficient (Wildman–Crippen LogP) is 3.69. The summed E-state index contributed by atoms with van der Waals surface area (Å²) in [7, 11) is 1.36. The first-order valence-electron chi connectivity index (χ1n) is 7.95. The Bertz CT molecular complexity index is 550. The van der Waals surface area contributed by atoms with Crippen molar-refractivity contribution in [2.45, 2.75) is 57.7 Å². The Morgan fingerprint density at radius 3 is 2.39 bits per heavy atom. The molecule has 1 amide bonds. The fourth-order valence-corrected chi connectivity index (χ4v) is 2.95. The summed E-state index contributed by atoms with van der Waals surface area (Å²) in [5.41, 5.74) is 0.488. The first-order chi connectivity index (χ1) is 10.8. The van der Waals surface area contributed by atoms with E-state index >= 15 is 0 Å². The monoisotopic (exact) mass is 319 g/mol. The van der Waals surface area contributed by atoms with Crippen LogP contribution < -0.4 is 0 Å². The Morgan fingerprint density at radius 2 is 1.83 bits per heavy atom. The van der Waals surface area contributed by atoms with Gasteiger partial charge in [-0.25, -0.2) is 4.79 Å². The zero-order chi connectivity index (χ0) is 17.0. The minimum absolute atomic E-state index is 0.0688. The topological polar surface area (TPSA) is 55.8 Å². The van der Waals surface area contributed by atoms with E-state index < -0.39 is 5.60 Å². The molecule has 0 aromatic heterocycles. The zero-order valence-corrected chi connectivity index (χ0v) is 14.2. The van der Waals surface area contributed by atoms with E-state index in [4.69, 9.17) is 9.47 Å². The lowest BCUT2D eigenvalue weighted by Crippen LogP contribution is -2.42. The van der Waals surface area contributed by atoms with Gasteiger partial charge < -0.3 is 9.47 Å². The van der Waals surface area contributed by atoms with Crippen LogP contribution in [0.4, 0.5) is 4.79 Å². The fraction of sp³-hybridized carbons (Fsp3) is 0.556. The van der Waals surface area contributed by atoms with Crippen LogP contribution in [0.2, 0.25) is 0 Å². The van der Waals surface area contributed by atoms with E-state index in [9.17, 15) is 9.59 Å². The van der Waals surface area contributed by atoms with Gasteiger partial charge in [0.2, 0.25) is 0 Å². The normalized spacial score (nSPS) is 21.1. The summed E-state index contributed by atoms with van der Waals surface area (Å²) in [5, 5.41) is 0. The number of likely N-dealkylation sites (tertiary alicyclic amines) is 1. The van der Waals surface area contributed by atoms with E-state index in [2.05, 4.69) is 0 Å². The number of nitrogens with zero attached hydrogens (tertiary/aromatic N) is 1. The molecule has 1 aromatic carbocycles. The second kappa shape index (κ2) is 7.02. The van der Waals surface area contributed by atoms with Gasteiger partial charge >= 0.3 is 12.1 Å². The average Bonchev–Trinajstić information content (AvgIpc) is 2.90. The third-order valence-corrected chi connectivity index (χ3v) is 3.92. The predicted molar refractivity (Wildman–Crippen MR) is 86.9 cm³/mol. The number of amides is 1. The Kier molecular flexibility index (Phi) is 5.29. The molecule has 126 valence electrons. The van der Waals surface area contributed by atoms with Gasteiger partial charge in [0.05, 0.1) is 19.6 Å². The van der Waals surface area contributed by atoms with E-state index in [-0.39, 0.29) is 30.6 Å². The van der Waals surface area contributed by atoms with Crippen molar-refractivity contribution in [1.29, 1.82) is 0 Å². The number of benzene rings is 1. The summed E-state index contributed by atoms with van der Waals surface area (Å²) in [6.45, 7) is 5.52.